The minimum absolute atomic E-state index is 0.104. The van der Waals surface area contributed by atoms with Crippen molar-refractivity contribution in [3.05, 3.63) is 95.6 Å². The Morgan fingerprint density at radius 2 is 1.49 bits per heavy atom. The standard InChI is InChI=1S/C34H41N3O6/c1-34(2,3)43-32(40)35-19-11-18-30(31(39)37(20-21-38)22-24-12-5-4-6-13-24)36-33(41)42-23-29-27-16-9-7-14-25(27)26-15-8-10-17-28(26)29/h4-10,12-17,29-30,38H,11,18-23H2,1-3H3,(H,35,40)(H,36,41). The molecular weight excluding hydrogens is 546 g/mol. The van der Waals surface area contributed by atoms with Gasteiger partial charge in [0, 0.05) is 25.6 Å². The predicted molar refractivity (Wildman–Crippen MR) is 164 cm³/mol. The van der Waals surface area contributed by atoms with Gasteiger partial charge in [0.25, 0.3) is 0 Å². The first kappa shape index (κ1) is 31.6. The molecule has 0 aliphatic heterocycles. The molecular formula is C34H41N3O6. The van der Waals surface area contributed by atoms with Crippen LogP contribution in [0.2, 0.25) is 0 Å². The van der Waals surface area contributed by atoms with Crippen LogP contribution in [0.5, 0.6) is 0 Å². The first-order chi connectivity index (χ1) is 20.7. The molecule has 0 fully saturated rings. The molecule has 228 valence electrons. The quantitative estimate of drug-likeness (QED) is 0.250. The molecule has 0 aromatic heterocycles. The monoisotopic (exact) mass is 587 g/mol. The van der Waals surface area contributed by atoms with E-state index in [0.717, 1.165) is 27.8 Å². The van der Waals surface area contributed by atoms with Crippen molar-refractivity contribution in [2.45, 2.75) is 57.7 Å². The number of aliphatic hydroxyl groups excluding tert-OH is 1. The van der Waals surface area contributed by atoms with Crippen molar-refractivity contribution in [1.29, 1.82) is 0 Å². The number of amides is 3. The molecule has 0 spiro atoms. The fourth-order valence-electron chi connectivity index (χ4n) is 5.26. The summed E-state index contributed by atoms with van der Waals surface area (Å²) in [6.07, 6.45) is -0.609. The largest absolute Gasteiger partial charge is 0.449 e. The Morgan fingerprint density at radius 1 is 0.884 bits per heavy atom. The number of nitrogens with one attached hydrogen (secondary N) is 2. The van der Waals surface area contributed by atoms with Crippen molar-refractivity contribution < 1.29 is 29.0 Å². The van der Waals surface area contributed by atoms with Crippen LogP contribution in [0.4, 0.5) is 9.59 Å². The van der Waals surface area contributed by atoms with Gasteiger partial charge in [0.15, 0.2) is 0 Å². The van der Waals surface area contributed by atoms with Crippen LogP contribution in [0.25, 0.3) is 11.1 Å². The van der Waals surface area contributed by atoms with Crippen molar-refractivity contribution in [3.63, 3.8) is 0 Å². The summed E-state index contributed by atoms with van der Waals surface area (Å²) in [5, 5.41) is 15.1. The van der Waals surface area contributed by atoms with E-state index < -0.39 is 23.8 Å². The lowest BCUT2D eigenvalue weighted by molar-refractivity contribution is -0.134. The average molecular weight is 588 g/mol. The molecule has 0 saturated carbocycles. The molecule has 43 heavy (non-hydrogen) atoms. The summed E-state index contributed by atoms with van der Waals surface area (Å²) in [4.78, 5) is 40.4. The molecule has 1 aliphatic rings. The molecule has 0 heterocycles. The van der Waals surface area contributed by atoms with Gasteiger partial charge < -0.3 is 30.1 Å². The van der Waals surface area contributed by atoms with Gasteiger partial charge >= 0.3 is 12.2 Å². The van der Waals surface area contributed by atoms with Crippen molar-refractivity contribution in [3.8, 4) is 11.1 Å². The highest BCUT2D eigenvalue weighted by Gasteiger charge is 2.31. The maximum Gasteiger partial charge on any atom is 0.407 e. The van der Waals surface area contributed by atoms with Gasteiger partial charge in [0.05, 0.1) is 6.61 Å². The zero-order chi connectivity index (χ0) is 30.8. The highest BCUT2D eigenvalue weighted by atomic mass is 16.6. The molecule has 3 aromatic carbocycles. The Hall–Kier alpha value is -4.37. The Morgan fingerprint density at radius 3 is 2.09 bits per heavy atom. The topological polar surface area (TPSA) is 117 Å². The van der Waals surface area contributed by atoms with Crippen LogP contribution < -0.4 is 10.6 Å². The number of hydrogen-bond acceptors (Lipinski definition) is 6. The van der Waals surface area contributed by atoms with Crippen molar-refractivity contribution in [2.24, 2.45) is 0 Å². The first-order valence-corrected chi connectivity index (χ1v) is 14.7. The molecule has 3 amide bonds. The second-order valence-corrected chi connectivity index (χ2v) is 11.6. The summed E-state index contributed by atoms with van der Waals surface area (Å²) in [6.45, 7) is 5.86. The summed E-state index contributed by atoms with van der Waals surface area (Å²) >= 11 is 0. The van der Waals surface area contributed by atoms with Gasteiger partial charge in [0.1, 0.15) is 18.2 Å². The van der Waals surface area contributed by atoms with Crippen LogP contribution in [-0.2, 0) is 20.8 Å². The number of aliphatic hydroxyl groups is 1. The van der Waals surface area contributed by atoms with Crippen LogP contribution in [0.3, 0.4) is 0 Å². The van der Waals surface area contributed by atoms with E-state index in [4.69, 9.17) is 9.47 Å². The van der Waals surface area contributed by atoms with Gasteiger partial charge in [-0.25, -0.2) is 9.59 Å². The summed E-state index contributed by atoms with van der Waals surface area (Å²) in [6, 6.07) is 24.7. The van der Waals surface area contributed by atoms with Gasteiger partial charge in [-0.3, -0.25) is 4.79 Å². The van der Waals surface area contributed by atoms with E-state index in [1.807, 2.05) is 66.7 Å². The van der Waals surface area contributed by atoms with Gasteiger partial charge in [-0.1, -0.05) is 78.9 Å². The van der Waals surface area contributed by atoms with Crippen LogP contribution >= 0.6 is 0 Å². The van der Waals surface area contributed by atoms with Crippen LogP contribution in [-0.4, -0.2) is 66.0 Å². The molecule has 3 aromatic rings. The van der Waals surface area contributed by atoms with Gasteiger partial charge in [-0.05, 0) is 61.4 Å². The molecule has 4 rings (SSSR count). The first-order valence-electron chi connectivity index (χ1n) is 14.7. The van der Waals surface area contributed by atoms with E-state index in [2.05, 4.69) is 22.8 Å². The van der Waals surface area contributed by atoms with Crippen molar-refractivity contribution >= 4 is 18.1 Å². The third-order valence-electron chi connectivity index (χ3n) is 7.17. The summed E-state index contributed by atoms with van der Waals surface area (Å²) < 4.78 is 11.0. The molecule has 0 saturated heterocycles. The minimum atomic E-state index is -0.925. The van der Waals surface area contributed by atoms with E-state index in [-0.39, 0.29) is 51.1 Å². The number of benzene rings is 3. The van der Waals surface area contributed by atoms with Crippen molar-refractivity contribution in [1.82, 2.24) is 15.5 Å². The highest BCUT2D eigenvalue weighted by Crippen LogP contribution is 2.44. The number of nitrogens with zero attached hydrogens (tertiary/aromatic N) is 1. The van der Waals surface area contributed by atoms with Crippen LogP contribution in [0.1, 0.15) is 56.2 Å². The average Bonchev–Trinajstić information content (AvgIpc) is 3.30. The third kappa shape index (κ3) is 8.81. The number of carbonyl (C=O) groups is 3. The summed E-state index contributed by atoms with van der Waals surface area (Å²) in [5.41, 5.74) is 4.70. The maximum absolute atomic E-state index is 13.7. The molecule has 3 N–H and O–H groups in total. The molecule has 1 atom stereocenters. The molecule has 1 aliphatic carbocycles. The van der Waals surface area contributed by atoms with Gasteiger partial charge in [0.2, 0.25) is 5.91 Å². The van der Waals surface area contributed by atoms with E-state index in [0.29, 0.717) is 6.42 Å². The Labute approximate surface area is 253 Å². The lowest BCUT2D eigenvalue weighted by atomic mass is 9.98. The van der Waals surface area contributed by atoms with E-state index in [1.54, 1.807) is 20.8 Å². The molecule has 0 bridgehead atoms. The number of hydrogen-bond donors (Lipinski definition) is 3. The fraction of sp³-hybridized carbons (Fsp3) is 0.382. The summed E-state index contributed by atoms with van der Waals surface area (Å²) in [5.74, 6) is -0.460. The Balaban J connectivity index is 1.43. The lowest BCUT2D eigenvalue weighted by Gasteiger charge is -2.28. The minimum Gasteiger partial charge on any atom is -0.449 e. The van der Waals surface area contributed by atoms with Crippen LogP contribution in [0.15, 0.2) is 78.9 Å². The number of rotatable bonds is 12. The van der Waals surface area contributed by atoms with Gasteiger partial charge in [-0.15, -0.1) is 0 Å². The molecule has 9 heteroatoms. The van der Waals surface area contributed by atoms with E-state index in [1.165, 1.54) is 4.90 Å². The predicted octanol–water partition coefficient (Wildman–Crippen LogP) is 5.22. The fourth-order valence-corrected chi connectivity index (χ4v) is 5.26. The zero-order valence-corrected chi connectivity index (χ0v) is 25.0. The van der Waals surface area contributed by atoms with E-state index >= 15 is 0 Å². The Bertz CT molecular complexity index is 1340. The summed E-state index contributed by atoms with van der Waals surface area (Å²) in [7, 11) is 0. The second-order valence-electron chi connectivity index (χ2n) is 11.6. The third-order valence-corrected chi connectivity index (χ3v) is 7.17. The van der Waals surface area contributed by atoms with Crippen LogP contribution in [0, 0.1) is 0 Å². The second kappa shape index (κ2) is 14.7. The normalized spacial score (nSPS) is 12.9. The molecule has 0 radical (unpaired) electrons. The van der Waals surface area contributed by atoms with Gasteiger partial charge in [-0.2, -0.15) is 0 Å². The Kier molecular flexibility index (Phi) is 10.8. The number of fused-ring (bicyclic) bond motifs is 3. The van der Waals surface area contributed by atoms with E-state index in [9.17, 15) is 19.5 Å². The smallest absolute Gasteiger partial charge is 0.407 e. The number of ether oxygens (including phenoxy) is 2. The number of alkyl carbamates (subject to hydrolysis) is 2. The van der Waals surface area contributed by atoms with Crippen molar-refractivity contribution in [2.75, 3.05) is 26.3 Å². The molecule has 1 unspecified atom stereocenters. The maximum atomic E-state index is 13.7. The highest BCUT2D eigenvalue weighted by molar-refractivity contribution is 5.86. The number of carbonyl (C=O) groups excluding carboxylic acids is 3. The molecule has 9 nitrogen and oxygen atoms in total. The lowest BCUT2D eigenvalue weighted by Crippen LogP contribution is -2.49. The SMILES string of the molecule is CC(C)(C)OC(=O)NCCCC(NC(=O)OCC1c2ccccc2-c2ccccc21)C(=O)N(CCO)Cc1ccccc1. The zero-order valence-electron chi connectivity index (χ0n) is 25.0.